The zero-order valence-corrected chi connectivity index (χ0v) is 9.76. The highest BCUT2D eigenvalue weighted by Crippen LogP contribution is 2.16. The summed E-state index contributed by atoms with van der Waals surface area (Å²) in [6.45, 7) is 8.04. The Kier molecular flexibility index (Phi) is 4.53. The van der Waals surface area contributed by atoms with Gasteiger partial charge in [-0.2, -0.15) is 4.39 Å². The van der Waals surface area contributed by atoms with Crippen molar-refractivity contribution in [1.82, 2.24) is 4.98 Å². The van der Waals surface area contributed by atoms with Gasteiger partial charge in [-0.05, 0) is 25.8 Å². The molecule has 0 saturated heterocycles. The van der Waals surface area contributed by atoms with Gasteiger partial charge in [0.15, 0.2) is 0 Å². The maximum Gasteiger partial charge on any atom is 0.215 e. The molecule has 84 valence electrons. The second-order valence-electron chi connectivity index (χ2n) is 3.79. The van der Waals surface area contributed by atoms with Crippen LogP contribution in [0.25, 0.3) is 0 Å². The zero-order valence-electron chi connectivity index (χ0n) is 9.76. The van der Waals surface area contributed by atoms with Crippen molar-refractivity contribution >= 4 is 5.69 Å². The molecule has 1 aromatic heterocycles. The quantitative estimate of drug-likeness (QED) is 0.694. The molecule has 3 heteroatoms. The first-order chi connectivity index (χ1) is 7.19. The van der Waals surface area contributed by atoms with Crippen LogP contribution in [-0.2, 0) is 0 Å². The van der Waals surface area contributed by atoms with E-state index in [1.807, 2.05) is 6.07 Å². The van der Waals surface area contributed by atoms with E-state index in [0.717, 1.165) is 31.6 Å². The average molecular weight is 210 g/mol. The molecule has 0 fully saturated rings. The largest absolute Gasteiger partial charge is 0.370 e. The Bertz CT molecular complexity index is 306. The highest BCUT2D eigenvalue weighted by molar-refractivity contribution is 5.45. The monoisotopic (exact) mass is 210 g/mol. The van der Waals surface area contributed by atoms with E-state index in [4.69, 9.17) is 0 Å². The molecule has 1 aromatic rings. The van der Waals surface area contributed by atoms with Gasteiger partial charge in [0.05, 0.1) is 11.9 Å². The summed E-state index contributed by atoms with van der Waals surface area (Å²) < 4.78 is 13.0. The van der Waals surface area contributed by atoms with E-state index in [1.54, 1.807) is 13.1 Å². The van der Waals surface area contributed by atoms with Crippen molar-refractivity contribution in [2.75, 3.05) is 18.0 Å². The molecule has 0 aliphatic heterocycles. The topological polar surface area (TPSA) is 16.1 Å². The van der Waals surface area contributed by atoms with Gasteiger partial charge >= 0.3 is 0 Å². The van der Waals surface area contributed by atoms with E-state index in [-0.39, 0.29) is 5.95 Å². The third-order valence-electron chi connectivity index (χ3n) is 2.35. The molecule has 0 aromatic carbocycles. The SMILES string of the molecule is CCCN(CCC)c1cnc(F)c(C)c1. The summed E-state index contributed by atoms with van der Waals surface area (Å²) in [5.41, 5.74) is 1.64. The van der Waals surface area contributed by atoms with E-state index in [0.29, 0.717) is 5.56 Å². The Morgan fingerprint density at radius 1 is 1.27 bits per heavy atom. The first-order valence-corrected chi connectivity index (χ1v) is 5.56. The van der Waals surface area contributed by atoms with Gasteiger partial charge in [0.25, 0.3) is 0 Å². The van der Waals surface area contributed by atoms with Crippen LogP contribution in [0.1, 0.15) is 32.3 Å². The molecule has 2 nitrogen and oxygen atoms in total. The Hall–Kier alpha value is -1.12. The summed E-state index contributed by atoms with van der Waals surface area (Å²) in [6, 6.07) is 1.87. The maximum atomic E-state index is 13.0. The van der Waals surface area contributed by atoms with Crippen LogP contribution in [0.3, 0.4) is 0 Å². The first-order valence-electron chi connectivity index (χ1n) is 5.56. The van der Waals surface area contributed by atoms with Crippen molar-refractivity contribution in [1.29, 1.82) is 0 Å². The van der Waals surface area contributed by atoms with Crippen molar-refractivity contribution < 1.29 is 4.39 Å². The molecule has 1 heterocycles. The summed E-state index contributed by atoms with van der Waals surface area (Å²) in [6.07, 6.45) is 3.81. The maximum absolute atomic E-state index is 13.0. The Morgan fingerprint density at radius 2 is 1.87 bits per heavy atom. The van der Waals surface area contributed by atoms with Crippen LogP contribution in [0.2, 0.25) is 0 Å². The number of aromatic nitrogens is 1. The number of pyridine rings is 1. The molecule has 0 N–H and O–H groups in total. The number of rotatable bonds is 5. The third-order valence-corrected chi connectivity index (χ3v) is 2.35. The summed E-state index contributed by atoms with van der Waals surface area (Å²) in [5, 5.41) is 0. The molecule has 0 atom stereocenters. The van der Waals surface area contributed by atoms with Gasteiger partial charge in [0.1, 0.15) is 0 Å². The van der Waals surface area contributed by atoms with Gasteiger partial charge in [-0.15, -0.1) is 0 Å². The van der Waals surface area contributed by atoms with Crippen molar-refractivity contribution in [2.24, 2.45) is 0 Å². The molecule has 15 heavy (non-hydrogen) atoms. The number of aryl methyl sites for hydroxylation is 1. The fraction of sp³-hybridized carbons (Fsp3) is 0.583. The van der Waals surface area contributed by atoms with Gasteiger partial charge in [0.2, 0.25) is 5.95 Å². The van der Waals surface area contributed by atoms with Gasteiger partial charge in [-0.3, -0.25) is 0 Å². The Morgan fingerprint density at radius 3 is 2.33 bits per heavy atom. The second kappa shape index (κ2) is 5.69. The zero-order chi connectivity index (χ0) is 11.3. The lowest BCUT2D eigenvalue weighted by Crippen LogP contribution is -2.25. The molecule has 0 spiro atoms. The average Bonchev–Trinajstić information content (AvgIpc) is 2.22. The smallest absolute Gasteiger partial charge is 0.215 e. The fourth-order valence-corrected chi connectivity index (χ4v) is 1.63. The van der Waals surface area contributed by atoms with Gasteiger partial charge in [-0.25, -0.2) is 4.98 Å². The van der Waals surface area contributed by atoms with Crippen molar-refractivity contribution in [2.45, 2.75) is 33.6 Å². The van der Waals surface area contributed by atoms with Crippen LogP contribution in [-0.4, -0.2) is 18.1 Å². The Labute approximate surface area is 91.1 Å². The predicted molar refractivity (Wildman–Crippen MR) is 61.7 cm³/mol. The molecule has 0 radical (unpaired) electrons. The molecular formula is C12H19FN2. The van der Waals surface area contributed by atoms with Crippen molar-refractivity contribution in [3.63, 3.8) is 0 Å². The standard InChI is InChI=1S/C12H19FN2/c1-4-6-15(7-5-2)11-8-10(3)12(13)14-9-11/h8-9H,4-7H2,1-3H3. The molecule has 0 unspecified atom stereocenters. The molecule has 0 amide bonds. The molecular weight excluding hydrogens is 191 g/mol. The minimum absolute atomic E-state index is 0.369. The van der Waals surface area contributed by atoms with Crippen LogP contribution >= 0.6 is 0 Å². The lowest BCUT2D eigenvalue weighted by atomic mass is 10.2. The number of hydrogen-bond acceptors (Lipinski definition) is 2. The van der Waals surface area contributed by atoms with Gasteiger partial charge < -0.3 is 4.90 Å². The number of nitrogens with zero attached hydrogens (tertiary/aromatic N) is 2. The first kappa shape index (κ1) is 12.0. The van der Waals surface area contributed by atoms with Crippen molar-refractivity contribution in [3.05, 3.63) is 23.8 Å². The van der Waals surface area contributed by atoms with E-state index < -0.39 is 0 Å². The summed E-state index contributed by atoms with van der Waals surface area (Å²) in [4.78, 5) is 6.01. The second-order valence-corrected chi connectivity index (χ2v) is 3.79. The van der Waals surface area contributed by atoms with E-state index in [1.165, 1.54) is 0 Å². The normalized spacial score (nSPS) is 10.4. The van der Waals surface area contributed by atoms with Crippen LogP contribution in [0, 0.1) is 12.9 Å². The van der Waals surface area contributed by atoms with Gasteiger partial charge in [0, 0.05) is 18.7 Å². The summed E-state index contributed by atoms with van der Waals surface area (Å²) in [7, 11) is 0. The molecule has 0 bridgehead atoms. The summed E-state index contributed by atoms with van der Waals surface area (Å²) >= 11 is 0. The lowest BCUT2D eigenvalue weighted by Gasteiger charge is -2.23. The minimum atomic E-state index is -0.369. The molecule has 0 saturated carbocycles. The van der Waals surface area contributed by atoms with E-state index >= 15 is 0 Å². The predicted octanol–water partition coefficient (Wildman–Crippen LogP) is 3.16. The van der Waals surface area contributed by atoms with E-state index in [9.17, 15) is 4.39 Å². The summed E-state index contributed by atoms with van der Waals surface area (Å²) in [5.74, 6) is -0.369. The van der Waals surface area contributed by atoms with Crippen LogP contribution in [0.15, 0.2) is 12.3 Å². The highest BCUT2D eigenvalue weighted by Gasteiger charge is 2.07. The van der Waals surface area contributed by atoms with Gasteiger partial charge in [-0.1, -0.05) is 13.8 Å². The lowest BCUT2D eigenvalue weighted by molar-refractivity contribution is 0.573. The fourth-order valence-electron chi connectivity index (χ4n) is 1.63. The number of halogens is 1. The molecule has 0 aliphatic carbocycles. The van der Waals surface area contributed by atoms with E-state index in [2.05, 4.69) is 23.7 Å². The third kappa shape index (κ3) is 3.18. The molecule has 1 rings (SSSR count). The number of anilines is 1. The Balaban J connectivity index is 2.85. The minimum Gasteiger partial charge on any atom is -0.370 e. The van der Waals surface area contributed by atoms with Crippen molar-refractivity contribution in [3.8, 4) is 0 Å². The van der Waals surface area contributed by atoms with Crippen LogP contribution in [0.5, 0.6) is 0 Å². The number of hydrogen-bond donors (Lipinski definition) is 0. The van der Waals surface area contributed by atoms with Crippen LogP contribution in [0.4, 0.5) is 10.1 Å². The van der Waals surface area contributed by atoms with Crippen LogP contribution < -0.4 is 4.90 Å². The molecule has 0 aliphatic rings. The highest BCUT2D eigenvalue weighted by atomic mass is 19.1.